The van der Waals surface area contributed by atoms with Crippen LogP contribution in [0.15, 0.2) is 46.7 Å². The van der Waals surface area contributed by atoms with E-state index in [-0.39, 0.29) is 5.01 Å². The number of carbonyl (C=O) groups is 1. The number of rotatable bonds is 2. The van der Waals surface area contributed by atoms with E-state index in [1.165, 1.54) is 30.4 Å². The summed E-state index contributed by atoms with van der Waals surface area (Å²) in [6.07, 6.45) is 2.05. The van der Waals surface area contributed by atoms with Gasteiger partial charge in [0.15, 0.2) is 5.01 Å². The van der Waals surface area contributed by atoms with Gasteiger partial charge in [0.2, 0.25) is 0 Å². The third kappa shape index (κ3) is 3.33. The fourth-order valence-corrected chi connectivity index (χ4v) is 4.80. The highest BCUT2D eigenvalue weighted by Gasteiger charge is 2.41. The van der Waals surface area contributed by atoms with Crippen LogP contribution in [0.4, 0.5) is 8.78 Å². The smallest absolute Gasteiger partial charge is 0.281 e. The summed E-state index contributed by atoms with van der Waals surface area (Å²) in [4.78, 5) is 20.3. The molecule has 0 radical (unpaired) electrons. The molecule has 1 N–H and O–H groups in total. The highest BCUT2D eigenvalue weighted by molar-refractivity contribution is 9.10. The summed E-state index contributed by atoms with van der Waals surface area (Å²) in [6.45, 7) is 2.70. The van der Waals surface area contributed by atoms with Gasteiger partial charge in [-0.1, -0.05) is 28.1 Å². The number of alkyl halides is 1. The van der Waals surface area contributed by atoms with E-state index in [4.69, 9.17) is 0 Å². The Morgan fingerprint density at radius 1 is 1.43 bits per heavy atom. The third-order valence-electron chi connectivity index (χ3n) is 5.01. The van der Waals surface area contributed by atoms with E-state index in [0.29, 0.717) is 6.54 Å². The second-order valence-corrected chi connectivity index (χ2v) is 9.14. The first-order valence-corrected chi connectivity index (χ1v) is 10.4. The normalized spacial score (nSPS) is 24.2. The summed E-state index contributed by atoms with van der Waals surface area (Å²) < 4.78 is 29.5. The maximum atomic E-state index is 14.3. The number of carbonyl (C=O) groups excluding carboxylic acids is 1. The van der Waals surface area contributed by atoms with Gasteiger partial charge >= 0.3 is 0 Å². The minimum atomic E-state index is -1.73. The molecule has 2 aliphatic rings. The van der Waals surface area contributed by atoms with Crippen LogP contribution in [0.5, 0.6) is 0 Å². The fourth-order valence-electron chi connectivity index (χ4n) is 3.42. The molecular weight excluding hydrogens is 448 g/mol. The van der Waals surface area contributed by atoms with E-state index in [2.05, 4.69) is 31.1 Å². The number of benzene rings is 1. The van der Waals surface area contributed by atoms with Crippen LogP contribution < -0.4 is 5.32 Å². The molecule has 2 atom stereocenters. The number of amides is 1. The van der Waals surface area contributed by atoms with Crippen LogP contribution in [-0.4, -0.2) is 34.5 Å². The average molecular weight is 466 g/mol. The minimum absolute atomic E-state index is 0.196. The van der Waals surface area contributed by atoms with Crippen molar-refractivity contribution >= 4 is 33.2 Å². The number of hydrogen-bond acceptors (Lipinski definition) is 4. The number of fused-ring (bicyclic) bond motifs is 3. The summed E-state index contributed by atoms with van der Waals surface area (Å²) in [7, 11) is 1.99. The molecule has 146 valence electrons. The lowest BCUT2D eigenvalue weighted by Gasteiger charge is -2.32. The van der Waals surface area contributed by atoms with E-state index in [0.717, 1.165) is 38.8 Å². The molecule has 1 aromatic heterocycles. The fraction of sp³-hybridized carbons (Fsp3) is 0.300. The highest BCUT2D eigenvalue weighted by Crippen LogP contribution is 2.38. The number of allylic oxidation sites excluding steroid dienone is 2. The van der Waals surface area contributed by atoms with Crippen LogP contribution in [-0.2, 0) is 13.1 Å². The Bertz CT molecular complexity index is 1020. The molecule has 1 aromatic carbocycles. The molecular formula is C20H18BrF2N3OS. The number of nitrogens with zero attached hydrogens (tertiary/aromatic N) is 2. The lowest BCUT2D eigenvalue weighted by molar-refractivity contribution is 0.0866. The molecule has 4 nitrogen and oxygen atoms in total. The van der Waals surface area contributed by atoms with Crippen LogP contribution in [0.1, 0.15) is 28.0 Å². The Balaban J connectivity index is 1.70. The van der Waals surface area contributed by atoms with Crippen LogP contribution in [0.3, 0.4) is 0 Å². The Labute approximate surface area is 174 Å². The molecule has 2 aromatic rings. The summed E-state index contributed by atoms with van der Waals surface area (Å²) >= 11 is 4.75. The summed E-state index contributed by atoms with van der Waals surface area (Å²) in [5, 5.41) is 2.70. The van der Waals surface area contributed by atoms with Gasteiger partial charge in [0, 0.05) is 17.6 Å². The van der Waals surface area contributed by atoms with Crippen LogP contribution >= 0.6 is 27.3 Å². The molecule has 0 bridgehead atoms. The van der Waals surface area contributed by atoms with Gasteiger partial charge in [0.25, 0.3) is 5.91 Å². The van der Waals surface area contributed by atoms with Crippen molar-refractivity contribution in [2.24, 2.45) is 0 Å². The molecule has 28 heavy (non-hydrogen) atoms. The molecule has 2 unspecified atom stereocenters. The Morgan fingerprint density at radius 2 is 2.21 bits per heavy atom. The van der Waals surface area contributed by atoms with Crippen molar-refractivity contribution in [1.29, 1.82) is 0 Å². The Morgan fingerprint density at radius 3 is 2.96 bits per heavy atom. The van der Waals surface area contributed by atoms with Crippen molar-refractivity contribution in [3.8, 4) is 10.4 Å². The molecule has 0 fully saturated rings. The predicted molar refractivity (Wildman–Crippen MR) is 110 cm³/mol. The zero-order chi connectivity index (χ0) is 20.1. The molecule has 0 saturated heterocycles. The number of hydrogen-bond donors (Lipinski definition) is 1. The van der Waals surface area contributed by atoms with E-state index in [9.17, 15) is 13.6 Å². The second kappa shape index (κ2) is 7.17. The minimum Gasteiger partial charge on any atom is -0.335 e. The standard InChI is InChI=1S/C20H18BrF2N3OS/c1-20(15(22)4-3-5-16(20)23)25-18(27)19-24-14-10-26(2)9-11-6-7-12(21)8-13(11)17(14)28-19/h3-8,15H,9-10H2,1-2H3,(H,25,27). The van der Waals surface area contributed by atoms with Crippen LogP contribution in [0, 0.1) is 0 Å². The van der Waals surface area contributed by atoms with Crippen molar-refractivity contribution in [3.63, 3.8) is 0 Å². The van der Waals surface area contributed by atoms with E-state index >= 15 is 0 Å². The second-order valence-electron chi connectivity index (χ2n) is 7.23. The van der Waals surface area contributed by atoms with Crippen molar-refractivity contribution in [2.45, 2.75) is 31.7 Å². The first-order valence-electron chi connectivity index (χ1n) is 8.76. The molecule has 1 aliphatic heterocycles. The molecule has 8 heteroatoms. The maximum absolute atomic E-state index is 14.3. The number of thiazole rings is 1. The number of nitrogens with one attached hydrogen (secondary N) is 1. The van der Waals surface area contributed by atoms with Gasteiger partial charge in [0.1, 0.15) is 17.5 Å². The van der Waals surface area contributed by atoms with Crippen LogP contribution in [0.2, 0.25) is 0 Å². The quantitative estimate of drug-likeness (QED) is 0.694. The van der Waals surface area contributed by atoms with Crippen LogP contribution in [0.25, 0.3) is 10.4 Å². The zero-order valence-electron chi connectivity index (χ0n) is 15.3. The van der Waals surface area contributed by atoms with Gasteiger partial charge in [-0.05, 0) is 49.4 Å². The maximum Gasteiger partial charge on any atom is 0.281 e. The zero-order valence-corrected chi connectivity index (χ0v) is 17.7. The van der Waals surface area contributed by atoms with Gasteiger partial charge in [-0.2, -0.15) is 0 Å². The van der Waals surface area contributed by atoms with Gasteiger partial charge in [-0.3, -0.25) is 9.69 Å². The average Bonchev–Trinajstić information content (AvgIpc) is 3.00. The first-order chi connectivity index (χ1) is 13.3. The summed E-state index contributed by atoms with van der Waals surface area (Å²) in [6, 6.07) is 6.05. The topological polar surface area (TPSA) is 45.2 Å². The van der Waals surface area contributed by atoms with Gasteiger partial charge in [-0.15, -0.1) is 11.3 Å². The van der Waals surface area contributed by atoms with E-state index in [1.807, 2.05) is 25.2 Å². The SMILES string of the molecule is CN1Cc2ccc(Br)cc2-c2sc(C(=O)NC3(C)C(F)=CC=CC3F)nc2C1. The highest BCUT2D eigenvalue weighted by atomic mass is 79.9. The van der Waals surface area contributed by atoms with Gasteiger partial charge in [0.05, 0.1) is 10.6 Å². The van der Waals surface area contributed by atoms with Crippen molar-refractivity contribution in [3.05, 3.63) is 63.0 Å². The van der Waals surface area contributed by atoms with Gasteiger partial charge < -0.3 is 5.32 Å². The molecule has 4 rings (SSSR count). The summed E-state index contributed by atoms with van der Waals surface area (Å²) in [5.74, 6) is -1.30. The largest absolute Gasteiger partial charge is 0.335 e. The van der Waals surface area contributed by atoms with E-state index < -0.39 is 23.4 Å². The molecule has 1 aliphatic carbocycles. The lowest BCUT2D eigenvalue weighted by atomic mass is 9.90. The predicted octanol–water partition coefficient (Wildman–Crippen LogP) is 4.77. The lowest BCUT2D eigenvalue weighted by Crippen LogP contribution is -2.53. The van der Waals surface area contributed by atoms with E-state index in [1.54, 1.807) is 0 Å². The monoisotopic (exact) mass is 465 g/mol. The Kier molecular flexibility index (Phi) is 4.97. The Hall–Kier alpha value is -1.90. The molecule has 0 spiro atoms. The molecule has 2 heterocycles. The van der Waals surface area contributed by atoms with Gasteiger partial charge in [-0.25, -0.2) is 13.8 Å². The van der Waals surface area contributed by atoms with Crippen molar-refractivity contribution in [1.82, 2.24) is 15.2 Å². The first kappa shape index (κ1) is 19.4. The molecule has 0 saturated carbocycles. The number of halogens is 3. The third-order valence-corrected chi connectivity index (χ3v) is 6.63. The van der Waals surface area contributed by atoms with Crippen molar-refractivity contribution < 1.29 is 13.6 Å². The summed E-state index contributed by atoms with van der Waals surface area (Å²) in [5.41, 5.74) is 1.22. The number of aromatic nitrogens is 1. The van der Waals surface area contributed by atoms with Crippen molar-refractivity contribution in [2.75, 3.05) is 7.05 Å². The molecule has 1 amide bonds.